The van der Waals surface area contributed by atoms with Crippen molar-refractivity contribution >= 4 is 28.6 Å². The summed E-state index contributed by atoms with van der Waals surface area (Å²) < 4.78 is 33.0. The van der Waals surface area contributed by atoms with Crippen LogP contribution in [0.3, 0.4) is 0 Å². The van der Waals surface area contributed by atoms with Crippen LogP contribution in [0.25, 0.3) is 0 Å². The molecule has 0 amide bonds. The van der Waals surface area contributed by atoms with Crippen LogP contribution in [0.5, 0.6) is 5.75 Å². The highest BCUT2D eigenvalue weighted by Crippen LogP contribution is 2.29. The molecule has 17 heavy (non-hydrogen) atoms. The lowest BCUT2D eigenvalue weighted by atomic mass is 10.1. The molecule has 0 unspecified atom stereocenters. The Hall–Kier alpha value is -1.43. The standard InChI is InChI=1S/C10H6F2INO3/c1-16-9(15)7-5(4-14)2-3-6(8(7)13)17-10(11)12/h2-3,10H,1H3. The third-order valence-corrected chi connectivity index (χ3v) is 2.90. The van der Waals surface area contributed by atoms with Crippen molar-refractivity contribution in [2.75, 3.05) is 7.11 Å². The lowest BCUT2D eigenvalue weighted by Crippen LogP contribution is -2.10. The third kappa shape index (κ3) is 3.03. The summed E-state index contributed by atoms with van der Waals surface area (Å²) in [7, 11) is 1.14. The Labute approximate surface area is 109 Å². The zero-order valence-corrected chi connectivity index (χ0v) is 10.7. The van der Waals surface area contributed by atoms with Crippen molar-refractivity contribution in [1.82, 2.24) is 0 Å². The summed E-state index contributed by atoms with van der Waals surface area (Å²) >= 11 is 1.65. The monoisotopic (exact) mass is 353 g/mol. The molecule has 0 aromatic heterocycles. The average Bonchev–Trinajstić information content (AvgIpc) is 2.30. The van der Waals surface area contributed by atoms with Gasteiger partial charge in [0.1, 0.15) is 11.8 Å². The van der Waals surface area contributed by atoms with Gasteiger partial charge in [-0.3, -0.25) is 0 Å². The van der Waals surface area contributed by atoms with Gasteiger partial charge < -0.3 is 9.47 Å². The summed E-state index contributed by atoms with van der Waals surface area (Å²) in [4.78, 5) is 11.4. The van der Waals surface area contributed by atoms with Gasteiger partial charge in [-0.15, -0.1) is 0 Å². The van der Waals surface area contributed by atoms with Crippen molar-refractivity contribution < 1.29 is 23.0 Å². The molecule has 4 nitrogen and oxygen atoms in total. The van der Waals surface area contributed by atoms with Crippen LogP contribution >= 0.6 is 22.6 Å². The van der Waals surface area contributed by atoms with E-state index in [2.05, 4.69) is 9.47 Å². The average molecular weight is 353 g/mol. The second kappa shape index (κ2) is 5.77. The van der Waals surface area contributed by atoms with E-state index in [1.807, 2.05) is 0 Å². The van der Waals surface area contributed by atoms with Crippen molar-refractivity contribution in [1.29, 1.82) is 5.26 Å². The lowest BCUT2D eigenvalue weighted by molar-refractivity contribution is -0.0505. The molecule has 0 spiro atoms. The maximum Gasteiger partial charge on any atom is 0.387 e. The SMILES string of the molecule is COC(=O)c1c(C#N)ccc(OC(F)F)c1I. The summed E-state index contributed by atoms with van der Waals surface area (Å²) in [5.41, 5.74) is -0.0309. The number of nitriles is 1. The molecule has 0 N–H and O–H groups in total. The van der Waals surface area contributed by atoms with Crippen LogP contribution in [0.2, 0.25) is 0 Å². The number of methoxy groups -OCH3 is 1. The van der Waals surface area contributed by atoms with Crippen LogP contribution in [0.4, 0.5) is 8.78 Å². The van der Waals surface area contributed by atoms with Crippen molar-refractivity contribution in [3.8, 4) is 11.8 Å². The summed E-state index contributed by atoms with van der Waals surface area (Å²) in [6.45, 7) is -3.00. The number of halogens is 3. The second-order valence-corrected chi connectivity index (χ2v) is 3.86. The Balaban J connectivity index is 3.33. The van der Waals surface area contributed by atoms with Gasteiger partial charge in [0.05, 0.1) is 21.8 Å². The van der Waals surface area contributed by atoms with Gasteiger partial charge in [0.25, 0.3) is 0 Å². The first-order valence-corrected chi connectivity index (χ1v) is 5.34. The molecule has 90 valence electrons. The minimum absolute atomic E-state index is 0.0443. The topological polar surface area (TPSA) is 59.3 Å². The number of esters is 1. The van der Waals surface area contributed by atoms with Gasteiger partial charge in [0, 0.05) is 0 Å². The smallest absolute Gasteiger partial charge is 0.387 e. The zero-order valence-electron chi connectivity index (χ0n) is 8.54. The minimum Gasteiger partial charge on any atom is -0.465 e. The van der Waals surface area contributed by atoms with E-state index >= 15 is 0 Å². The first-order chi connectivity index (χ1) is 8.01. The number of carbonyl (C=O) groups is 1. The van der Waals surface area contributed by atoms with Crippen molar-refractivity contribution in [2.24, 2.45) is 0 Å². The fraction of sp³-hybridized carbons (Fsp3) is 0.200. The van der Waals surface area contributed by atoms with Crippen LogP contribution in [0, 0.1) is 14.9 Å². The molecule has 1 rings (SSSR count). The van der Waals surface area contributed by atoms with E-state index in [-0.39, 0.29) is 20.4 Å². The predicted molar refractivity (Wildman–Crippen MR) is 61.8 cm³/mol. The van der Waals surface area contributed by atoms with Crippen molar-refractivity contribution in [2.45, 2.75) is 6.61 Å². The number of benzene rings is 1. The van der Waals surface area contributed by atoms with Crippen LogP contribution in [0.1, 0.15) is 15.9 Å². The van der Waals surface area contributed by atoms with Crippen LogP contribution in [-0.4, -0.2) is 19.7 Å². The Morgan fingerprint density at radius 3 is 2.65 bits per heavy atom. The Morgan fingerprint density at radius 2 is 2.18 bits per heavy atom. The Kier molecular flexibility index (Phi) is 4.62. The quantitative estimate of drug-likeness (QED) is 0.619. The van der Waals surface area contributed by atoms with Gasteiger partial charge in [-0.1, -0.05) is 0 Å². The highest BCUT2D eigenvalue weighted by molar-refractivity contribution is 14.1. The third-order valence-electron chi connectivity index (χ3n) is 1.83. The molecule has 0 atom stereocenters. The summed E-state index contributed by atoms with van der Waals surface area (Å²) in [5.74, 6) is -0.939. The van der Waals surface area contributed by atoms with Gasteiger partial charge in [-0.25, -0.2) is 4.79 Å². The first-order valence-electron chi connectivity index (χ1n) is 4.27. The molecule has 0 heterocycles. The van der Waals surface area contributed by atoms with E-state index in [1.165, 1.54) is 12.1 Å². The summed E-state index contributed by atoms with van der Waals surface area (Å²) in [6.07, 6.45) is 0. The van der Waals surface area contributed by atoms with Crippen molar-refractivity contribution in [3.63, 3.8) is 0 Å². The molecule has 0 aliphatic rings. The van der Waals surface area contributed by atoms with E-state index in [4.69, 9.17) is 5.26 Å². The molecule has 1 aromatic rings. The van der Waals surface area contributed by atoms with E-state index < -0.39 is 12.6 Å². The largest absolute Gasteiger partial charge is 0.465 e. The van der Waals surface area contributed by atoms with Crippen LogP contribution in [-0.2, 0) is 4.74 Å². The molecule has 0 fully saturated rings. The van der Waals surface area contributed by atoms with Gasteiger partial charge in [0.15, 0.2) is 0 Å². The Bertz CT molecular complexity index is 485. The number of hydrogen-bond acceptors (Lipinski definition) is 4. The molecule has 0 aliphatic heterocycles. The molecule has 1 aromatic carbocycles. The van der Waals surface area contributed by atoms with E-state index in [0.29, 0.717) is 0 Å². The number of alkyl halides is 2. The highest BCUT2D eigenvalue weighted by Gasteiger charge is 2.21. The summed E-state index contributed by atoms with van der Waals surface area (Å²) in [6, 6.07) is 4.22. The molecule has 0 bridgehead atoms. The molecular weight excluding hydrogens is 347 g/mol. The maximum absolute atomic E-state index is 12.1. The van der Waals surface area contributed by atoms with Gasteiger partial charge >= 0.3 is 12.6 Å². The minimum atomic E-state index is -3.00. The molecule has 0 radical (unpaired) electrons. The normalized spacial score (nSPS) is 9.88. The Morgan fingerprint density at radius 1 is 1.53 bits per heavy atom. The van der Waals surface area contributed by atoms with Crippen LogP contribution in [0.15, 0.2) is 12.1 Å². The fourth-order valence-electron chi connectivity index (χ4n) is 1.14. The van der Waals surface area contributed by atoms with Gasteiger partial charge in [-0.05, 0) is 34.7 Å². The number of ether oxygens (including phenoxy) is 2. The molecular formula is C10H6F2INO3. The maximum atomic E-state index is 12.1. The number of carbonyl (C=O) groups excluding carboxylic acids is 1. The molecule has 0 aliphatic carbocycles. The molecule has 0 saturated carbocycles. The number of hydrogen-bond donors (Lipinski definition) is 0. The molecule has 7 heteroatoms. The van der Waals surface area contributed by atoms with Gasteiger partial charge in [-0.2, -0.15) is 14.0 Å². The zero-order chi connectivity index (χ0) is 13.0. The van der Waals surface area contributed by atoms with E-state index in [9.17, 15) is 13.6 Å². The lowest BCUT2D eigenvalue weighted by Gasteiger charge is -2.10. The van der Waals surface area contributed by atoms with Crippen molar-refractivity contribution in [3.05, 3.63) is 26.8 Å². The van der Waals surface area contributed by atoms with Crippen LogP contribution < -0.4 is 4.74 Å². The van der Waals surface area contributed by atoms with Gasteiger partial charge in [0.2, 0.25) is 0 Å². The second-order valence-electron chi connectivity index (χ2n) is 2.78. The molecule has 0 saturated heterocycles. The summed E-state index contributed by atoms with van der Waals surface area (Å²) in [5, 5.41) is 8.81. The predicted octanol–water partition coefficient (Wildman–Crippen LogP) is 2.55. The fourth-order valence-corrected chi connectivity index (χ4v) is 1.96. The first kappa shape index (κ1) is 13.6. The van der Waals surface area contributed by atoms with E-state index in [0.717, 1.165) is 7.11 Å². The highest BCUT2D eigenvalue weighted by atomic mass is 127. The number of nitrogens with zero attached hydrogens (tertiary/aromatic N) is 1. The number of rotatable bonds is 3. The van der Waals surface area contributed by atoms with E-state index in [1.54, 1.807) is 28.7 Å².